The number of carbonyl (C=O) groups is 1. The molecular weight excluding hydrogens is 360 g/mol. The molecule has 1 aliphatic heterocycles. The second-order valence-corrected chi connectivity index (χ2v) is 8.88. The molecule has 156 valence electrons. The van der Waals surface area contributed by atoms with Gasteiger partial charge in [-0.25, -0.2) is 0 Å². The fraction of sp³-hybridized carbons (Fsp3) is 0.480. The number of piperazine rings is 1. The van der Waals surface area contributed by atoms with E-state index < -0.39 is 6.10 Å². The molecule has 1 fully saturated rings. The van der Waals surface area contributed by atoms with Gasteiger partial charge in [0.2, 0.25) is 0 Å². The van der Waals surface area contributed by atoms with Crippen LogP contribution in [0, 0.1) is 0 Å². The van der Waals surface area contributed by atoms with Crippen LogP contribution in [0.25, 0.3) is 0 Å². The molecular formula is C25H34N2O2. The first-order chi connectivity index (χ1) is 13.9. The summed E-state index contributed by atoms with van der Waals surface area (Å²) in [4.78, 5) is 17.4. The molecule has 2 aromatic carbocycles. The molecule has 4 nitrogen and oxygen atoms in total. The minimum atomic E-state index is -0.420. The molecule has 1 saturated heterocycles. The van der Waals surface area contributed by atoms with Crippen molar-refractivity contribution in [1.82, 2.24) is 9.80 Å². The second kappa shape index (κ2) is 9.45. The van der Waals surface area contributed by atoms with E-state index in [-0.39, 0.29) is 11.3 Å². The highest BCUT2D eigenvalue weighted by Crippen LogP contribution is 2.25. The molecule has 0 aromatic heterocycles. The maximum atomic E-state index is 13.0. The molecule has 0 aliphatic carbocycles. The largest absolute Gasteiger partial charge is 0.481 e. The number of rotatable bonds is 6. The van der Waals surface area contributed by atoms with Crippen LogP contribution in [-0.2, 0) is 16.8 Å². The normalized spacial score (nSPS) is 16.5. The fourth-order valence-corrected chi connectivity index (χ4v) is 3.68. The molecule has 0 bridgehead atoms. The monoisotopic (exact) mass is 394 g/mol. The average Bonchev–Trinajstić information content (AvgIpc) is 2.72. The third-order valence-corrected chi connectivity index (χ3v) is 5.58. The summed E-state index contributed by atoms with van der Waals surface area (Å²) in [6.45, 7) is 12.8. The highest BCUT2D eigenvalue weighted by Gasteiger charge is 2.28. The van der Waals surface area contributed by atoms with Gasteiger partial charge in [0.1, 0.15) is 5.75 Å². The van der Waals surface area contributed by atoms with Gasteiger partial charge < -0.3 is 9.64 Å². The number of benzene rings is 2. The maximum absolute atomic E-state index is 13.0. The SMILES string of the molecule is CC[C@H](Oc1ccc(C(C)(C)C)cc1)C(=O)N1CCN(Cc2ccccc2)CC1. The standard InChI is InChI=1S/C25H34N2O2/c1-5-23(29-22-13-11-21(12-14-22)25(2,3)4)24(28)27-17-15-26(16-18-27)19-20-9-7-6-8-10-20/h6-14,23H,5,15-19H2,1-4H3/t23-/m0/s1. The first-order valence-electron chi connectivity index (χ1n) is 10.7. The van der Waals surface area contributed by atoms with Crippen LogP contribution in [0.1, 0.15) is 45.2 Å². The highest BCUT2D eigenvalue weighted by molar-refractivity contribution is 5.81. The number of nitrogens with zero attached hydrogens (tertiary/aromatic N) is 2. The summed E-state index contributed by atoms with van der Waals surface area (Å²) >= 11 is 0. The lowest BCUT2D eigenvalue weighted by atomic mass is 9.87. The van der Waals surface area contributed by atoms with E-state index in [9.17, 15) is 4.79 Å². The van der Waals surface area contributed by atoms with Crippen molar-refractivity contribution in [3.63, 3.8) is 0 Å². The van der Waals surface area contributed by atoms with E-state index in [1.807, 2.05) is 30.0 Å². The number of amides is 1. The van der Waals surface area contributed by atoms with E-state index in [0.717, 1.165) is 38.5 Å². The van der Waals surface area contributed by atoms with Crippen molar-refractivity contribution in [2.24, 2.45) is 0 Å². The van der Waals surface area contributed by atoms with Gasteiger partial charge in [0.25, 0.3) is 5.91 Å². The molecule has 1 amide bonds. The quantitative estimate of drug-likeness (QED) is 0.724. The van der Waals surface area contributed by atoms with E-state index >= 15 is 0 Å². The Hall–Kier alpha value is -2.33. The molecule has 29 heavy (non-hydrogen) atoms. The Labute approximate surface area is 175 Å². The van der Waals surface area contributed by atoms with Gasteiger partial charge in [-0.05, 0) is 35.1 Å². The Morgan fingerprint density at radius 2 is 1.59 bits per heavy atom. The number of carbonyl (C=O) groups excluding carboxylic acids is 1. The van der Waals surface area contributed by atoms with E-state index in [1.54, 1.807) is 0 Å². The van der Waals surface area contributed by atoms with Crippen molar-refractivity contribution in [2.45, 2.75) is 52.2 Å². The molecule has 0 unspecified atom stereocenters. The molecule has 4 heteroatoms. The van der Waals surface area contributed by atoms with Crippen molar-refractivity contribution in [3.8, 4) is 5.75 Å². The van der Waals surface area contributed by atoms with Crippen LogP contribution in [-0.4, -0.2) is 48.0 Å². The van der Waals surface area contributed by atoms with E-state index in [0.29, 0.717) is 6.42 Å². The summed E-state index contributed by atoms with van der Waals surface area (Å²) in [6.07, 6.45) is 0.250. The van der Waals surface area contributed by atoms with E-state index in [4.69, 9.17) is 4.74 Å². The molecule has 0 N–H and O–H groups in total. The van der Waals surface area contributed by atoms with Crippen LogP contribution < -0.4 is 4.74 Å². The van der Waals surface area contributed by atoms with Crippen LogP contribution in [0.2, 0.25) is 0 Å². The molecule has 1 aliphatic rings. The lowest BCUT2D eigenvalue weighted by molar-refractivity contribution is -0.140. The highest BCUT2D eigenvalue weighted by atomic mass is 16.5. The molecule has 2 aromatic rings. The van der Waals surface area contributed by atoms with Gasteiger partial charge in [-0.15, -0.1) is 0 Å². The summed E-state index contributed by atoms with van der Waals surface area (Å²) in [5.41, 5.74) is 2.69. The number of hydrogen-bond acceptors (Lipinski definition) is 3. The van der Waals surface area contributed by atoms with Crippen molar-refractivity contribution in [2.75, 3.05) is 26.2 Å². The van der Waals surface area contributed by atoms with Gasteiger partial charge in [-0.1, -0.05) is 70.2 Å². The number of ether oxygens (including phenoxy) is 1. The third kappa shape index (κ3) is 5.83. The minimum absolute atomic E-state index is 0.103. The van der Waals surface area contributed by atoms with Crippen LogP contribution in [0.3, 0.4) is 0 Å². The molecule has 0 saturated carbocycles. The first-order valence-corrected chi connectivity index (χ1v) is 10.7. The fourth-order valence-electron chi connectivity index (χ4n) is 3.68. The zero-order valence-electron chi connectivity index (χ0n) is 18.2. The molecule has 1 atom stereocenters. The molecule has 3 rings (SSSR count). The maximum Gasteiger partial charge on any atom is 0.263 e. The Morgan fingerprint density at radius 3 is 2.14 bits per heavy atom. The summed E-state index contributed by atoms with van der Waals surface area (Å²) in [7, 11) is 0. The van der Waals surface area contributed by atoms with Crippen molar-refractivity contribution in [3.05, 3.63) is 65.7 Å². The Morgan fingerprint density at radius 1 is 0.966 bits per heavy atom. The molecule has 1 heterocycles. The smallest absolute Gasteiger partial charge is 0.263 e. The van der Waals surface area contributed by atoms with Gasteiger partial charge in [0, 0.05) is 32.7 Å². The van der Waals surface area contributed by atoms with Crippen molar-refractivity contribution >= 4 is 5.91 Å². The van der Waals surface area contributed by atoms with Gasteiger partial charge in [0.05, 0.1) is 0 Å². The minimum Gasteiger partial charge on any atom is -0.481 e. The van der Waals surface area contributed by atoms with E-state index in [2.05, 4.69) is 62.1 Å². The predicted octanol–water partition coefficient (Wildman–Crippen LogP) is 4.49. The summed E-state index contributed by atoms with van der Waals surface area (Å²) in [6, 6.07) is 18.7. The van der Waals surface area contributed by atoms with Crippen LogP contribution in [0.15, 0.2) is 54.6 Å². The Kier molecular flexibility index (Phi) is 6.96. The lowest BCUT2D eigenvalue weighted by Gasteiger charge is -2.36. The first kappa shape index (κ1) is 21.4. The summed E-state index contributed by atoms with van der Waals surface area (Å²) < 4.78 is 6.06. The predicted molar refractivity (Wildman–Crippen MR) is 118 cm³/mol. The zero-order chi connectivity index (χ0) is 20.9. The third-order valence-electron chi connectivity index (χ3n) is 5.58. The topological polar surface area (TPSA) is 32.8 Å². The zero-order valence-corrected chi connectivity index (χ0v) is 18.2. The van der Waals surface area contributed by atoms with Gasteiger partial charge >= 0.3 is 0 Å². The van der Waals surface area contributed by atoms with Crippen LogP contribution >= 0.6 is 0 Å². The van der Waals surface area contributed by atoms with Crippen molar-refractivity contribution in [1.29, 1.82) is 0 Å². The van der Waals surface area contributed by atoms with Gasteiger partial charge in [0.15, 0.2) is 6.10 Å². The second-order valence-electron chi connectivity index (χ2n) is 8.88. The molecule has 0 radical (unpaired) electrons. The van der Waals surface area contributed by atoms with Gasteiger partial charge in [-0.2, -0.15) is 0 Å². The lowest BCUT2D eigenvalue weighted by Crippen LogP contribution is -2.52. The summed E-state index contributed by atoms with van der Waals surface area (Å²) in [5.74, 6) is 0.868. The van der Waals surface area contributed by atoms with Crippen molar-refractivity contribution < 1.29 is 9.53 Å². The van der Waals surface area contributed by atoms with Gasteiger partial charge in [-0.3, -0.25) is 9.69 Å². The Balaban J connectivity index is 1.53. The van der Waals surface area contributed by atoms with E-state index in [1.165, 1.54) is 11.1 Å². The van der Waals surface area contributed by atoms with Crippen LogP contribution in [0.5, 0.6) is 5.75 Å². The summed E-state index contributed by atoms with van der Waals surface area (Å²) in [5, 5.41) is 0. The molecule has 0 spiro atoms. The Bertz CT molecular complexity index is 773. The number of hydrogen-bond donors (Lipinski definition) is 0. The average molecular weight is 395 g/mol. The van der Waals surface area contributed by atoms with Crippen LogP contribution in [0.4, 0.5) is 0 Å².